The van der Waals surface area contributed by atoms with E-state index in [0.717, 1.165) is 22.0 Å². The molecule has 1 aromatic heterocycles. The summed E-state index contributed by atoms with van der Waals surface area (Å²) in [7, 11) is 0. The van der Waals surface area contributed by atoms with Gasteiger partial charge in [0.15, 0.2) is 5.78 Å². The van der Waals surface area contributed by atoms with Crippen LogP contribution in [0.4, 0.5) is 0 Å². The molecule has 2 rings (SSSR count). The molecule has 0 N–H and O–H groups in total. The predicted octanol–water partition coefficient (Wildman–Crippen LogP) is 3.71. The summed E-state index contributed by atoms with van der Waals surface area (Å²) in [5, 5.41) is 1.27. The van der Waals surface area contributed by atoms with E-state index < -0.39 is 0 Å². The van der Waals surface area contributed by atoms with Gasteiger partial charge in [-0.25, -0.2) is 4.98 Å². The van der Waals surface area contributed by atoms with Crippen molar-refractivity contribution in [3.05, 3.63) is 40.0 Å². The summed E-state index contributed by atoms with van der Waals surface area (Å²) in [6.07, 6.45) is 0. The molecule has 0 unspecified atom stereocenters. The van der Waals surface area contributed by atoms with Crippen molar-refractivity contribution in [2.24, 2.45) is 0 Å². The molecular weight excluding hydrogens is 222 g/mol. The molecule has 0 amide bonds. The number of hydrogen-bond donors (Lipinski definition) is 0. The second-order valence-electron chi connectivity index (χ2n) is 4.03. The number of fused-ring (bicyclic) bond motifs is 1. The highest BCUT2D eigenvalue weighted by Crippen LogP contribution is 2.24. The van der Waals surface area contributed by atoms with Crippen LogP contribution in [0.1, 0.15) is 28.4 Å². The van der Waals surface area contributed by atoms with Gasteiger partial charge < -0.3 is 0 Å². The Morgan fingerprint density at radius 1 is 1.25 bits per heavy atom. The second-order valence-corrected chi connectivity index (χ2v) is 4.39. The molecule has 0 fully saturated rings. The summed E-state index contributed by atoms with van der Waals surface area (Å²) in [5.74, 6) is -0.0561. The first kappa shape index (κ1) is 11.1. The lowest BCUT2D eigenvalue weighted by atomic mass is 10.0. The normalized spacial score (nSPS) is 10.8. The van der Waals surface area contributed by atoms with E-state index in [4.69, 9.17) is 11.6 Å². The molecule has 0 aliphatic heterocycles. The van der Waals surface area contributed by atoms with Crippen molar-refractivity contribution in [2.75, 3.05) is 0 Å². The zero-order chi connectivity index (χ0) is 11.9. The van der Waals surface area contributed by atoms with E-state index >= 15 is 0 Å². The molecule has 2 aromatic rings. The van der Waals surface area contributed by atoms with Gasteiger partial charge in [0.1, 0.15) is 5.15 Å². The average Bonchev–Trinajstić information content (AvgIpc) is 2.15. The van der Waals surface area contributed by atoms with E-state index in [1.807, 2.05) is 26.0 Å². The fourth-order valence-electron chi connectivity index (χ4n) is 1.85. The van der Waals surface area contributed by atoms with Crippen molar-refractivity contribution >= 4 is 28.3 Å². The number of nitrogens with zero attached hydrogens (tertiary/aromatic N) is 1. The summed E-state index contributed by atoms with van der Waals surface area (Å²) < 4.78 is 0. The van der Waals surface area contributed by atoms with Crippen molar-refractivity contribution in [1.82, 2.24) is 4.98 Å². The minimum atomic E-state index is -0.0561. The molecule has 0 saturated heterocycles. The number of aromatic nitrogens is 1. The van der Waals surface area contributed by atoms with Crippen LogP contribution in [0.5, 0.6) is 0 Å². The third-order valence-corrected chi connectivity index (χ3v) is 2.91. The minimum absolute atomic E-state index is 0.0561. The molecule has 1 aromatic carbocycles. The molecule has 82 valence electrons. The van der Waals surface area contributed by atoms with E-state index in [1.54, 1.807) is 0 Å². The first-order valence-corrected chi connectivity index (χ1v) is 5.45. The maximum atomic E-state index is 11.4. The minimum Gasteiger partial charge on any atom is -0.294 e. The van der Waals surface area contributed by atoms with E-state index in [9.17, 15) is 4.79 Å². The third kappa shape index (κ3) is 1.81. The highest BCUT2D eigenvalue weighted by Gasteiger charge is 2.10. The Balaban J connectivity index is 2.84. The smallest absolute Gasteiger partial charge is 0.162 e. The van der Waals surface area contributed by atoms with Crippen LogP contribution in [-0.4, -0.2) is 10.8 Å². The average molecular weight is 234 g/mol. The molecule has 3 heteroatoms. The molecule has 0 radical (unpaired) electrons. The Morgan fingerprint density at radius 2 is 1.94 bits per heavy atom. The fourth-order valence-corrected chi connectivity index (χ4v) is 2.13. The zero-order valence-electron chi connectivity index (χ0n) is 9.47. The monoisotopic (exact) mass is 233 g/mol. The van der Waals surface area contributed by atoms with Crippen molar-refractivity contribution in [2.45, 2.75) is 20.8 Å². The van der Waals surface area contributed by atoms with Crippen molar-refractivity contribution in [3.63, 3.8) is 0 Å². The fraction of sp³-hybridized carbons (Fsp3) is 0.231. The molecule has 0 aliphatic rings. The molecule has 0 saturated carbocycles. The lowest BCUT2D eigenvalue weighted by Crippen LogP contribution is -1.97. The number of ketones is 1. The summed E-state index contributed by atoms with van der Waals surface area (Å²) >= 11 is 5.97. The number of carbonyl (C=O) groups is 1. The van der Waals surface area contributed by atoms with Gasteiger partial charge in [-0.1, -0.05) is 17.7 Å². The Labute approximate surface area is 99.3 Å². The topological polar surface area (TPSA) is 30.0 Å². The standard InChI is InChI=1S/C13H12ClNO/c1-7-4-8(2)10-6-11(9(3)16)13(14)15-12(10)5-7/h4-6H,1-3H3. The highest BCUT2D eigenvalue weighted by atomic mass is 35.5. The number of carbonyl (C=O) groups excluding carboxylic acids is 1. The molecule has 0 spiro atoms. The van der Waals surface area contributed by atoms with E-state index in [0.29, 0.717) is 5.56 Å². The van der Waals surface area contributed by atoms with Crippen LogP contribution >= 0.6 is 11.6 Å². The Bertz CT molecular complexity index is 590. The highest BCUT2D eigenvalue weighted by molar-refractivity contribution is 6.33. The van der Waals surface area contributed by atoms with Gasteiger partial charge in [-0.2, -0.15) is 0 Å². The van der Waals surface area contributed by atoms with Crippen molar-refractivity contribution < 1.29 is 4.79 Å². The third-order valence-electron chi connectivity index (χ3n) is 2.62. The second kappa shape index (κ2) is 3.87. The molecule has 0 bridgehead atoms. The van der Waals surface area contributed by atoms with E-state index in [1.165, 1.54) is 6.92 Å². The van der Waals surface area contributed by atoms with Crippen LogP contribution in [0.3, 0.4) is 0 Å². The van der Waals surface area contributed by atoms with E-state index in [2.05, 4.69) is 11.1 Å². The van der Waals surface area contributed by atoms with Gasteiger partial charge in [-0.15, -0.1) is 0 Å². The maximum absolute atomic E-state index is 11.4. The molecule has 0 aliphatic carbocycles. The number of hydrogen-bond acceptors (Lipinski definition) is 2. The van der Waals surface area contributed by atoms with Gasteiger partial charge in [-0.05, 0) is 44.0 Å². The molecule has 2 nitrogen and oxygen atoms in total. The Morgan fingerprint density at radius 3 is 2.56 bits per heavy atom. The van der Waals surface area contributed by atoms with Crippen molar-refractivity contribution in [3.8, 4) is 0 Å². The van der Waals surface area contributed by atoms with Crippen LogP contribution in [0.25, 0.3) is 10.9 Å². The van der Waals surface area contributed by atoms with E-state index in [-0.39, 0.29) is 10.9 Å². The van der Waals surface area contributed by atoms with Gasteiger partial charge in [0.25, 0.3) is 0 Å². The molecular formula is C13H12ClNO. The first-order chi connectivity index (χ1) is 7.49. The molecule has 0 atom stereocenters. The summed E-state index contributed by atoms with van der Waals surface area (Å²) in [4.78, 5) is 15.6. The summed E-state index contributed by atoms with van der Waals surface area (Å²) in [6, 6.07) is 5.86. The number of rotatable bonds is 1. The maximum Gasteiger partial charge on any atom is 0.162 e. The lowest BCUT2D eigenvalue weighted by Gasteiger charge is -2.06. The molecule has 1 heterocycles. The van der Waals surface area contributed by atoms with Crippen LogP contribution in [0.2, 0.25) is 5.15 Å². The van der Waals surface area contributed by atoms with Crippen LogP contribution < -0.4 is 0 Å². The number of aryl methyl sites for hydroxylation is 2. The SMILES string of the molecule is CC(=O)c1cc2c(C)cc(C)cc2nc1Cl. The van der Waals surface area contributed by atoms with Gasteiger partial charge in [0, 0.05) is 5.39 Å². The lowest BCUT2D eigenvalue weighted by molar-refractivity contribution is 0.101. The number of Topliss-reactive ketones (excluding diaryl/α,β-unsaturated/α-hetero) is 1. The largest absolute Gasteiger partial charge is 0.294 e. The van der Waals surface area contributed by atoms with Gasteiger partial charge >= 0.3 is 0 Å². The van der Waals surface area contributed by atoms with Gasteiger partial charge in [0.05, 0.1) is 11.1 Å². The Kier molecular flexibility index (Phi) is 2.68. The first-order valence-electron chi connectivity index (χ1n) is 5.07. The van der Waals surface area contributed by atoms with Crippen LogP contribution in [-0.2, 0) is 0 Å². The zero-order valence-corrected chi connectivity index (χ0v) is 10.2. The summed E-state index contributed by atoms with van der Waals surface area (Å²) in [6.45, 7) is 5.52. The number of halogens is 1. The predicted molar refractivity (Wildman–Crippen MR) is 66.2 cm³/mol. The van der Waals surface area contributed by atoms with Gasteiger partial charge in [-0.3, -0.25) is 4.79 Å². The van der Waals surface area contributed by atoms with Gasteiger partial charge in [0.2, 0.25) is 0 Å². The van der Waals surface area contributed by atoms with Crippen LogP contribution in [0.15, 0.2) is 18.2 Å². The number of pyridine rings is 1. The quantitative estimate of drug-likeness (QED) is 0.555. The molecule has 16 heavy (non-hydrogen) atoms. The van der Waals surface area contributed by atoms with Crippen molar-refractivity contribution in [1.29, 1.82) is 0 Å². The summed E-state index contributed by atoms with van der Waals surface area (Å²) in [5.41, 5.74) is 3.58. The number of benzene rings is 1. The Hall–Kier alpha value is -1.41. The van der Waals surface area contributed by atoms with Crippen LogP contribution in [0, 0.1) is 13.8 Å².